The van der Waals surface area contributed by atoms with E-state index in [1.807, 2.05) is 6.92 Å². The van der Waals surface area contributed by atoms with E-state index in [0.29, 0.717) is 11.7 Å². The van der Waals surface area contributed by atoms with Crippen LogP contribution in [0, 0.1) is 5.92 Å². The maximum atomic E-state index is 12.4. The van der Waals surface area contributed by atoms with Gasteiger partial charge in [-0.2, -0.15) is 0 Å². The number of ether oxygens (including phenoxy) is 1. The molecule has 2 rings (SSSR count). The van der Waals surface area contributed by atoms with Crippen LogP contribution in [0.25, 0.3) is 0 Å². The fourth-order valence-electron chi connectivity index (χ4n) is 2.22. The van der Waals surface area contributed by atoms with Crippen LogP contribution >= 0.6 is 27.3 Å². The Labute approximate surface area is 134 Å². The molecule has 2 amide bonds. The topological polar surface area (TPSA) is 91.8 Å². The van der Waals surface area contributed by atoms with Crippen LogP contribution in [0.4, 0.5) is 9.93 Å². The van der Waals surface area contributed by atoms with Crippen molar-refractivity contribution in [1.29, 1.82) is 0 Å². The lowest BCUT2D eigenvalue weighted by Gasteiger charge is -2.29. The van der Waals surface area contributed by atoms with Gasteiger partial charge in [-0.3, -0.25) is 10.1 Å². The van der Waals surface area contributed by atoms with E-state index in [1.165, 1.54) is 16.2 Å². The predicted octanol–water partition coefficient (Wildman–Crippen LogP) is 2.25. The van der Waals surface area contributed by atoms with Gasteiger partial charge in [-0.15, -0.1) is 0 Å². The molecule has 116 valence electrons. The summed E-state index contributed by atoms with van der Waals surface area (Å²) in [6, 6.07) is -0.800. The number of urea groups is 1. The Hall–Kier alpha value is -1.19. The zero-order valence-electron chi connectivity index (χ0n) is 11.4. The molecule has 2 heterocycles. The Morgan fingerprint density at radius 2 is 2.38 bits per heavy atom. The molecule has 2 unspecified atom stereocenters. The monoisotopic (exact) mass is 377 g/mol. The third-order valence-corrected chi connectivity index (χ3v) is 4.58. The largest absolute Gasteiger partial charge is 0.481 e. The minimum Gasteiger partial charge on any atom is -0.481 e. The molecule has 1 aromatic heterocycles. The van der Waals surface area contributed by atoms with Crippen molar-refractivity contribution in [2.45, 2.75) is 19.4 Å². The van der Waals surface area contributed by atoms with Crippen LogP contribution in [0.2, 0.25) is 0 Å². The molecule has 7 nitrogen and oxygen atoms in total. The number of hydrogen-bond acceptors (Lipinski definition) is 5. The Bertz CT molecular complexity index is 524. The van der Waals surface area contributed by atoms with Gasteiger partial charge >= 0.3 is 12.0 Å². The van der Waals surface area contributed by atoms with Gasteiger partial charge < -0.3 is 14.7 Å². The number of nitrogens with zero attached hydrogens (tertiary/aromatic N) is 2. The van der Waals surface area contributed by atoms with Crippen molar-refractivity contribution in [2.24, 2.45) is 5.92 Å². The lowest BCUT2D eigenvalue weighted by molar-refractivity contribution is -0.142. The molecule has 0 aliphatic carbocycles. The first kappa shape index (κ1) is 16.2. The molecule has 0 saturated carbocycles. The second kappa shape index (κ2) is 7.19. The second-order valence-corrected chi connectivity index (χ2v) is 7.05. The van der Waals surface area contributed by atoms with Gasteiger partial charge in [0.05, 0.1) is 29.2 Å². The van der Waals surface area contributed by atoms with Crippen molar-refractivity contribution in [2.75, 3.05) is 25.1 Å². The van der Waals surface area contributed by atoms with E-state index in [9.17, 15) is 14.7 Å². The van der Waals surface area contributed by atoms with Crippen LogP contribution in [0.3, 0.4) is 0 Å². The molecule has 2 atom stereocenters. The SMILES string of the molecule is CCCN(C(=O)Nc1ncc(Br)s1)C1COCC1C(=O)O. The quantitative estimate of drug-likeness (QED) is 0.820. The minimum atomic E-state index is -0.941. The molecule has 1 saturated heterocycles. The number of halogens is 1. The van der Waals surface area contributed by atoms with Crippen molar-refractivity contribution in [3.63, 3.8) is 0 Å². The zero-order chi connectivity index (χ0) is 15.4. The Morgan fingerprint density at radius 3 is 2.95 bits per heavy atom. The molecule has 2 N–H and O–H groups in total. The van der Waals surface area contributed by atoms with E-state index in [1.54, 1.807) is 6.20 Å². The number of aromatic nitrogens is 1. The number of thiazole rings is 1. The summed E-state index contributed by atoms with van der Waals surface area (Å²) in [4.78, 5) is 29.2. The van der Waals surface area contributed by atoms with E-state index in [-0.39, 0.29) is 19.2 Å². The molecule has 1 aliphatic rings. The average Bonchev–Trinajstić information content (AvgIpc) is 3.05. The Kier molecular flexibility index (Phi) is 5.54. The third kappa shape index (κ3) is 3.92. The molecule has 1 aromatic rings. The lowest BCUT2D eigenvalue weighted by atomic mass is 10.0. The van der Waals surface area contributed by atoms with Gasteiger partial charge in [-0.1, -0.05) is 18.3 Å². The summed E-state index contributed by atoms with van der Waals surface area (Å²) in [5.41, 5.74) is 0. The number of hydrogen-bond donors (Lipinski definition) is 2. The number of anilines is 1. The number of rotatable bonds is 5. The normalized spacial score (nSPS) is 21.2. The zero-order valence-corrected chi connectivity index (χ0v) is 13.8. The van der Waals surface area contributed by atoms with Gasteiger partial charge in [0.2, 0.25) is 0 Å². The first-order chi connectivity index (χ1) is 10.0. The highest BCUT2D eigenvalue weighted by molar-refractivity contribution is 9.11. The van der Waals surface area contributed by atoms with Gasteiger partial charge in [-0.05, 0) is 22.4 Å². The smallest absolute Gasteiger partial charge is 0.324 e. The van der Waals surface area contributed by atoms with E-state index in [4.69, 9.17) is 4.74 Å². The van der Waals surface area contributed by atoms with Crippen molar-refractivity contribution in [1.82, 2.24) is 9.88 Å². The highest BCUT2D eigenvalue weighted by atomic mass is 79.9. The van der Waals surface area contributed by atoms with Crippen LogP contribution in [-0.4, -0.2) is 52.8 Å². The maximum absolute atomic E-state index is 12.4. The van der Waals surface area contributed by atoms with Crippen LogP contribution in [0.1, 0.15) is 13.3 Å². The first-order valence-corrected chi connectivity index (χ1v) is 8.13. The standard InChI is InChI=1S/C12H16BrN3O4S/c1-2-3-16(8-6-20-5-7(8)10(17)18)12(19)15-11-14-4-9(13)21-11/h4,7-8H,2-3,5-6H2,1H3,(H,17,18)(H,14,15,19). The minimum absolute atomic E-state index is 0.135. The second-order valence-electron chi connectivity index (χ2n) is 4.64. The van der Waals surface area contributed by atoms with Crippen LogP contribution in [-0.2, 0) is 9.53 Å². The van der Waals surface area contributed by atoms with E-state index in [2.05, 4.69) is 26.2 Å². The van der Waals surface area contributed by atoms with E-state index in [0.717, 1.165) is 10.2 Å². The molecule has 0 aromatic carbocycles. The third-order valence-electron chi connectivity index (χ3n) is 3.18. The number of carboxylic acid groups (broad SMARTS) is 1. The summed E-state index contributed by atoms with van der Waals surface area (Å²) in [5, 5.41) is 12.4. The van der Waals surface area contributed by atoms with Crippen molar-refractivity contribution in [3.05, 3.63) is 9.98 Å². The predicted molar refractivity (Wildman–Crippen MR) is 81.6 cm³/mol. The molecule has 0 bridgehead atoms. The molecule has 1 fully saturated rings. The van der Waals surface area contributed by atoms with Crippen LogP contribution in [0.5, 0.6) is 0 Å². The molecular weight excluding hydrogens is 362 g/mol. The van der Waals surface area contributed by atoms with Crippen molar-refractivity contribution >= 4 is 44.4 Å². The van der Waals surface area contributed by atoms with E-state index < -0.39 is 17.9 Å². The number of amides is 2. The fraction of sp³-hybridized carbons (Fsp3) is 0.583. The first-order valence-electron chi connectivity index (χ1n) is 6.52. The highest BCUT2D eigenvalue weighted by Crippen LogP contribution is 2.25. The summed E-state index contributed by atoms with van der Waals surface area (Å²) >= 11 is 4.58. The molecule has 9 heteroatoms. The molecule has 1 aliphatic heterocycles. The Morgan fingerprint density at radius 1 is 1.62 bits per heavy atom. The number of carbonyl (C=O) groups is 2. The number of carboxylic acids is 1. The number of aliphatic carboxylic acids is 1. The number of carbonyl (C=O) groups excluding carboxylic acids is 1. The average molecular weight is 378 g/mol. The molecular formula is C12H16BrN3O4S. The van der Waals surface area contributed by atoms with Crippen molar-refractivity contribution < 1.29 is 19.4 Å². The number of nitrogens with one attached hydrogen (secondary N) is 1. The summed E-state index contributed by atoms with van der Waals surface area (Å²) in [6.45, 7) is 2.78. The van der Waals surface area contributed by atoms with Gasteiger partial charge in [0.1, 0.15) is 5.92 Å². The Balaban J connectivity index is 2.10. The van der Waals surface area contributed by atoms with Gasteiger partial charge in [0, 0.05) is 6.54 Å². The molecule has 0 radical (unpaired) electrons. The van der Waals surface area contributed by atoms with Crippen LogP contribution < -0.4 is 5.32 Å². The summed E-state index contributed by atoms with van der Waals surface area (Å²) in [7, 11) is 0. The molecule has 21 heavy (non-hydrogen) atoms. The van der Waals surface area contributed by atoms with Gasteiger partial charge in [0.25, 0.3) is 0 Å². The van der Waals surface area contributed by atoms with Crippen molar-refractivity contribution in [3.8, 4) is 0 Å². The van der Waals surface area contributed by atoms with E-state index >= 15 is 0 Å². The highest BCUT2D eigenvalue weighted by Gasteiger charge is 2.39. The fourth-order valence-corrected chi connectivity index (χ4v) is 3.32. The summed E-state index contributed by atoms with van der Waals surface area (Å²) in [6.07, 6.45) is 2.33. The van der Waals surface area contributed by atoms with Crippen LogP contribution in [0.15, 0.2) is 9.98 Å². The maximum Gasteiger partial charge on any atom is 0.324 e. The van der Waals surface area contributed by atoms with Gasteiger partial charge in [0.15, 0.2) is 5.13 Å². The summed E-state index contributed by atoms with van der Waals surface area (Å²) in [5.74, 6) is -1.63. The molecule has 0 spiro atoms. The summed E-state index contributed by atoms with van der Waals surface area (Å²) < 4.78 is 6.05. The van der Waals surface area contributed by atoms with Gasteiger partial charge in [-0.25, -0.2) is 9.78 Å². The lowest BCUT2D eigenvalue weighted by Crippen LogP contribution is -2.48.